The molecular formula is C18H29NO3. The Bertz CT molecular complexity index is 448. The van der Waals surface area contributed by atoms with Gasteiger partial charge in [0.05, 0.1) is 6.61 Å². The first-order chi connectivity index (χ1) is 10.4. The standard InChI is InChI=1S/C18H29NO3/c1-6-12-18(5,22-7-2)17(20)19-15-8-10-16(11-9-15)21-13-14(3)4/h8-11,14H,6-7,12-13H2,1-5H3,(H,19,20)/t18-/m0/s1. The highest BCUT2D eigenvalue weighted by Gasteiger charge is 2.32. The second-order valence-corrected chi connectivity index (χ2v) is 6.10. The van der Waals surface area contributed by atoms with Crippen LogP contribution in [0.25, 0.3) is 0 Å². The fourth-order valence-electron chi connectivity index (χ4n) is 2.21. The Morgan fingerprint density at radius 2 is 1.86 bits per heavy atom. The SMILES string of the molecule is CCC[C@](C)(OCC)C(=O)Nc1ccc(OCC(C)C)cc1. The molecule has 0 aromatic heterocycles. The zero-order valence-corrected chi connectivity index (χ0v) is 14.4. The summed E-state index contributed by atoms with van der Waals surface area (Å²) in [4.78, 5) is 12.4. The molecule has 0 radical (unpaired) electrons. The molecular weight excluding hydrogens is 278 g/mol. The topological polar surface area (TPSA) is 47.6 Å². The van der Waals surface area contributed by atoms with Crippen LogP contribution in [-0.4, -0.2) is 24.7 Å². The van der Waals surface area contributed by atoms with Crippen molar-refractivity contribution in [2.75, 3.05) is 18.5 Å². The minimum Gasteiger partial charge on any atom is -0.493 e. The molecule has 1 N–H and O–H groups in total. The summed E-state index contributed by atoms with van der Waals surface area (Å²) in [5.41, 5.74) is -0.0278. The van der Waals surface area contributed by atoms with Crippen molar-refractivity contribution in [1.29, 1.82) is 0 Å². The number of hydrogen-bond donors (Lipinski definition) is 1. The molecule has 0 heterocycles. The molecule has 1 amide bonds. The van der Waals surface area contributed by atoms with E-state index in [-0.39, 0.29) is 5.91 Å². The summed E-state index contributed by atoms with van der Waals surface area (Å²) in [5.74, 6) is 1.19. The van der Waals surface area contributed by atoms with E-state index in [0.717, 1.165) is 17.9 Å². The molecule has 0 saturated carbocycles. The first kappa shape index (κ1) is 18.5. The molecule has 0 aliphatic carbocycles. The van der Waals surface area contributed by atoms with E-state index in [4.69, 9.17) is 9.47 Å². The first-order valence-corrected chi connectivity index (χ1v) is 8.09. The molecule has 0 spiro atoms. The monoisotopic (exact) mass is 307 g/mol. The summed E-state index contributed by atoms with van der Waals surface area (Å²) in [5, 5.41) is 2.92. The lowest BCUT2D eigenvalue weighted by molar-refractivity contribution is -0.139. The third kappa shape index (κ3) is 5.68. The van der Waals surface area contributed by atoms with Crippen LogP contribution in [0.3, 0.4) is 0 Å². The van der Waals surface area contributed by atoms with Gasteiger partial charge in [-0.2, -0.15) is 0 Å². The Labute approximate surface area is 134 Å². The highest BCUT2D eigenvalue weighted by Crippen LogP contribution is 2.22. The largest absolute Gasteiger partial charge is 0.493 e. The smallest absolute Gasteiger partial charge is 0.256 e. The Morgan fingerprint density at radius 3 is 2.36 bits per heavy atom. The van der Waals surface area contributed by atoms with Gasteiger partial charge in [-0.1, -0.05) is 27.2 Å². The quantitative estimate of drug-likeness (QED) is 0.741. The molecule has 124 valence electrons. The maximum atomic E-state index is 12.4. The van der Waals surface area contributed by atoms with Crippen molar-refractivity contribution in [3.8, 4) is 5.75 Å². The number of anilines is 1. The van der Waals surface area contributed by atoms with Crippen LogP contribution >= 0.6 is 0 Å². The normalized spacial score (nSPS) is 13.7. The van der Waals surface area contributed by atoms with Crippen molar-refractivity contribution in [1.82, 2.24) is 0 Å². The van der Waals surface area contributed by atoms with Crippen LogP contribution in [0.2, 0.25) is 0 Å². The summed E-state index contributed by atoms with van der Waals surface area (Å²) >= 11 is 0. The van der Waals surface area contributed by atoms with E-state index in [1.165, 1.54) is 0 Å². The first-order valence-electron chi connectivity index (χ1n) is 8.09. The summed E-state index contributed by atoms with van der Waals surface area (Å²) in [7, 11) is 0. The van der Waals surface area contributed by atoms with Crippen molar-refractivity contribution >= 4 is 11.6 Å². The van der Waals surface area contributed by atoms with Crippen LogP contribution in [0.1, 0.15) is 47.5 Å². The third-order valence-corrected chi connectivity index (χ3v) is 3.37. The fraction of sp³-hybridized carbons (Fsp3) is 0.611. The van der Waals surface area contributed by atoms with Crippen molar-refractivity contribution in [3.63, 3.8) is 0 Å². The lowest BCUT2D eigenvalue weighted by Crippen LogP contribution is -2.42. The zero-order chi connectivity index (χ0) is 16.6. The molecule has 4 nitrogen and oxygen atoms in total. The summed E-state index contributed by atoms with van der Waals surface area (Å²) in [6, 6.07) is 7.45. The molecule has 0 bridgehead atoms. The van der Waals surface area contributed by atoms with Gasteiger partial charge in [0.25, 0.3) is 5.91 Å². The number of rotatable bonds is 9. The molecule has 0 unspecified atom stereocenters. The second kappa shape index (κ2) is 8.79. The van der Waals surface area contributed by atoms with Crippen LogP contribution in [0.15, 0.2) is 24.3 Å². The van der Waals surface area contributed by atoms with E-state index in [1.54, 1.807) is 0 Å². The van der Waals surface area contributed by atoms with Gasteiger partial charge in [0.1, 0.15) is 11.4 Å². The minimum atomic E-state index is -0.781. The van der Waals surface area contributed by atoms with Crippen LogP contribution in [-0.2, 0) is 9.53 Å². The molecule has 0 aliphatic heterocycles. The minimum absolute atomic E-state index is 0.105. The Kier molecular flexibility index (Phi) is 7.39. The number of ether oxygens (including phenoxy) is 2. The van der Waals surface area contributed by atoms with Crippen LogP contribution < -0.4 is 10.1 Å². The number of amides is 1. The van der Waals surface area contributed by atoms with Crippen molar-refractivity contribution < 1.29 is 14.3 Å². The molecule has 0 saturated heterocycles. The van der Waals surface area contributed by atoms with Crippen molar-refractivity contribution in [2.24, 2.45) is 5.92 Å². The highest BCUT2D eigenvalue weighted by molar-refractivity contribution is 5.97. The van der Waals surface area contributed by atoms with Crippen molar-refractivity contribution in [2.45, 2.75) is 53.1 Å². The Balaban J connectivity index is 2.67. The van der Waals surface area contributed by atoms with Crippen LogP contribution in [0, 0.1) is 5.92 Å². The van der Waals surface area contributed by atoms with Gasteiger partial charge in [-0.05, 0) is 50.5 Å². The number of carbonyl (C=O) groups is 1. The highest BCUT2D eigenvalue weighted by atomic mass is 16.5. The lowest BCUT2D eigenvalue weighted by atomic mass is 9.99. The van der Waals surface area contributed by atoms with E-state index in [9.17, 15) is 4.79 Å². The number of hydrogen-bond acceptors (Lipinski definition) is 3. The molecule has 1 rings (SSSR count). The predicted octanol–water partition coefficient (Wildman–Crippen LogP) is 4.26. The fourth-order valence-corrected chi connectivity index (χ4v) is 2.21. The average Bonchev–Trinajstić information content (AvgIpc) is 2.47. The summed E-state index contributed by atoms with van der Waals surface area (Å²) < 4.78 is 11.3. The van der Waals surface area contributed by atoms with E-state index in [1.807, 2.05) is 45.0 Å². The van der Waals surface area contributed by atoms with Gasteiger partial charge in [0.15, 0.2) is 0 Å². The van der Waals surface area contributed by atoms with E-state index >= 15 is 0 Å². The van der Waals surface area contributed by atoms with E-state index in [2.05, 4.69) is 19.2 Å². The zero-order valence-electron chi connectivity index (χ0n) is 14.4. The number of nitrogens with one attached hydrogen (secondary N) is 1. The molecule has 1 aromatic carbocycles. The van der Waals surface area contributed by atoms with E-state index in [0.29, 0.717) is 25.6 Å². The summed E-state index contributed by atoms with van der Waals surface area (Å²) in [6.45, 7) is 11.2. The van der Waals surface area contributed by atoms with Gasteiger partial charge in [-0.3, -0.25) is 4.79 Å². The molecule has 1 atom stereocenters. The maximum Gasteiger partial charge on any atom is 0.256 e. The Hall–Kier alpha value is -1.55. The lowest BCUT2D eigenvalue weighted by Gasteiger charge is -2.27. The molecule has 1 aromatic rings. The van der Waals surface area contributed by atoms with Gasteiger partial charge < -0.3 is 14.8 Å². The van der Waals surface area contributed by atoms with Crippen molar-refractivity contribution in [3.05, 3.63) is 24.3 Å². The molecule has 0 fully saturated rings. The van der Waals surface area contributed by atoms with Gasteiger partial charge in [-0.25, -0.2) is 0 Å². The van der Waals surface area contributed by atoms with Gasteiger partial charge in [0.2, 0.25) is 0 Å². The van der Waals surface area contributed by atoms with Crippen LogP contribution in [0.5, 0.6) is 5.75 Å². The molecule has 0 aliphatic rings. The van der Waals surface area contributed by atoms with Gasteiger partial charge in [-0.15, -0.1) is 0 Å². The summed E-state index contributed by atoms with van der Waals surface area (Å²) in [6.07, 6.45) is 1.59. The molecule has 22 heavy (non-hydrogen) atoms. The molecule has 4 heteroatoms. The maximum absolute atomic E-state index is 12.4. The average molecular weight is 307 g/mol. The predicted molar refractivity (Wildman–Crippen MR) is 90.3 cm³/mol. The van der Waals surface area contributed by atoms with Crippen LogP contribution in [0.4, 0.5) is 5.69 Å². The third-order valence-electron chi connectivity index (χ3n) is 3.37. The number of carbonyl (C=O) groups excluding carboxylic acids is 1. The van der Waals surface area contributed by atoms with E-state index < -0.39 is 5.60 Å². The van der Waals surface area contributed by atoms with Gasteiger partial charge in [0, 0.05) is 12.3 Å². The second-order valence-electron chi connectivity index (χ2n) is 6.10. The Morgan fingerprint density at radius 1 is 1.23 bits per heavy atom. The number of benzene rings is 1. The van der Waals surface area contributed by atoms with Gasteiger partial charge >= 0.3 is 0 Å².